The Morgan fingerprint density at radius 2 is 2.13 bits per heavy atom. The number of aromatic nitrogens is 2. The van der Waals surface area contributed by atoms with Crippen molar-refractivity contribution in [3.05, 3.63) is 18.5 Å². The van der Waals surface area contributed by atoms with Gasteiger partial charge in [-0.1, -0.05) is 19.3 Å². The van der Waals surface area contributed by atoms with E-state index in [0.717, 1.165) is 32.1 Å². The zero-order chi connectivity index (χ0) is 10.7. The SMILES string of the molecule is O=C(O)C1(Cn2cccn2)CCCCC1. The van der Waals surface area contributed by atoms with Gasteiger partial charge in [0, 0.05) is 12.4 Å². The average Bonchev–Trinajstić information content (AvgIpc) is 2.71. The van der Waals surface area contributed by atoms with Crippen molar-refractivity contribution < 1.29 is 9.90 Å². The monoisotopic (exact) mass is 208 g/mol. The van der Waals surface area contributed by atoms with Gasteiger partial charge < -0.3 is 5.11 Å². The highest BCUT2D eigenvalue weighted by Crippen LogP contribution is 2.37. The molecular formula is C11H16N2O2. The van der Waals surface area contributed by atoms with Gasteiger partial charge in [-0.2, -0.15) is 5.10 Å². The molecule has 15 heavy (non-hydrogen) atoms. The zero-order valence-corrected chi connectivity index (χ0v) is 8.72. The van der Waals surface area contributed by atoms with Crippen molar-refractivity contribution in [1.82, 2.24) is 9.78 Å². The Balaban J connectivity index is 2.15. The molecule has 1 fully saturated rings. The zero-order valence-electron chi connectivity index (χ0n) is 8.72. The van der Waals surface area contributed by atoms with Gasteiger partial charge >= 0.3 is 5.97 Å². The maximum atomic E-state index is 11.4. The smallest absolute Gasteiger partial charge is 0.311 e. The van der Waals surface area contributed by atoms with Gasteiger partial charge in [0.15, 0.2) is 0 Å². The lowest BCUT2D eigenvalue weighted by molar-refractivity contribution is -0.152. The summed E-state index contributed by atoms with van der Waals surface area (Å²) in [6, 6.07) is 1.83. The number of rotatable bonds is 3. The molecule has 0 bridgehead atoms. The summed E-state index contributed by atoms with van der Waals surface area (Å²) in [6.45, 7) is 0.509. The van der Waals surface area contributed by atoms with Crippen molar-refractivity contribution in [2.75, 3.05) is 0 Å². The summed E-state index contributed by atoms with van der Waals surface area (Å²) in [7, 11) is 0. The van der Waals surface area contributed by atoms with Crippen molar-refractivity contribution in [3.8, 4) is 0 Å². The summed E-state index contributed by atoms with van der Waals surface area (Å²) in [5, 5.41) is 13.4. The van der Waals surface area contributed by atoms with Gasteiger partial charge in [-0.05, 0) is 18.9 Å². The molecule has 0 amide bonds. The third-order valence-electron chi connectivity index (χ3n) is 3.29. The Hall–Kier alpha value is -1.32. The lowest BCUT2D eigenvalue weighted by atomic mass is 9.74. The van der Waals surface area contributed by atoms with Gasteiger partial charge in [-0.3, -0.25) is 9.48 Å². The van der Waals surface area contributed by atoms with E-state index in [-0.39, 0.29) is 0 Å². The van der Waals surface area contributed by atoms with Crippen LogP contribution >= 0.6 is 0 Å². The fourth-order valence-electron chi connectivity index (χ4n) is 2.37. The third-order valence-corrected chi connectivity index (χ3v) is 3.29. The van der Waals surface area contributed by atoms with E-state index in [0.29, 0.717) is 6.54 Å². The molecule has 1 aliphatic rings. The van der Waals surface area contributed by atoms with E-state index < -0.39 is 11.4 Å². The lowest BCUT2D eigenvalue weighted by Gasteiger charge is -2.32. The molecule has 82 valence electrons. The average molecular weight is 208 g/mol. The summed E-state index contributed by atoms with van der Waals surface area (Å²) >= 11 is 0. The first-order valence-electron chi connectivity index (χ1n) is 5.44. The number of carboxylic acid groups (broad SMARTS) is 1. The van der Waals surface area contributed by atoms with Gasteiger partial charge in [-0.25, -0.2) is 0 Å². The molecule has 1 heterocycles. The van der Waals surface area contributed by atoms with Crippen LogP contribution in [-0.4, -0.2) is 20.9 Å². The molecule has 0 atom stereocenters. The molecule has 2 rings (SSSR count). The first-order chi connectivity index (χ1) is 7.23. The van der Waals surface area contributed by atoms with Crippen molar-refractivity contribution in [3.63, 3.8) is 0 Å². The number of aliphatic carboxylic acids is 1. The Kier molecular flexibility index (Phi) is 2.75. The topological polar surface area (TPSA) is 55.1 Å². The largest absolute Gasteiger partial charge is 0.481 e. The molecule has 4 nitrogen and oxygen atoms in total. The van der Waals surface area contributed by atoms with Crippen molar-refractivity contribution in [2.24, 2.45) is 5.41 Å². The van der Waals surface area contributed by atoms with E-state index in [1.54, 1.807) is 10.9 Å². The Morgan fingerprint density at radius 3 is 2.67 bits per heavy atom. The summed E-state index contributed by atoms with van der Waals surface area (Å²) in [5.74, 6) is -0.669. The molecule has 1 aromatic heterocycles. The van der Waals surface area contributed by atoms with Crippen LogP contribution in [0.4, 0.5) is 0 Å². The predicted molar refractivity (Wildman–Crippen MR) is 55.4 cm³/mol. The Bertz CT molecular complexity index is 326. The highest BCUT2D eigenvalue weighted by Gasteiger charge is 2.40. The highest BCUT2D eigenvalue weighted by molar-refractivity contribution is 5.74. The van der Waals surface area contributed by atoms with Crippen LogP contribution in [0.15, 0.2) is 18.5 Å². The predicted octanol–water partition coefficient (Wildman–Crippen LogP) is 1.92. The molecule has 1 N–H and O–H groups in total. The second-order valence-electron chi connectivity index (χ2n) is 4.35. The summed E-state index contributed by atoms with van der Waals surface area (Å²) in [6.07, 6.45) is 8.29. The molecule has 0 saturated heterocycles. The van der Waals surface area contributed by atoms with Crippen LogP contribution in [0, 0.1) is 5.41 Å². The van der Waals surface area contributed by atoms with Crippen molar-refractivity contribution >= 4 is 5.97 Å². The van der Waals surface area contributed by atoms with E-state index in [1.165, 1.54) is 0 Å². The summed E-state index contributed by atoms with van der Waals surface area (Å²) in [5.41, 5.74) is -0.579. The minimum absolute atomic E-state index is 0.509. The molecule has 1 aliphatic carbocycles. The fraction of sp³-hybridized carbons (Fsp3) is 0.636. The number of hydrogen-bond acceptors (Lipinski definition) is 2. The quantitative estimate of drug-likeness (QED) is 0.825. The molecule has 1 aromatic rings. The minimum atomic E-state index is -0.669. The first-order valence-corrected chi connectivity index (χ1v) is 5.44. The van der Waals surface area contributed by atoms with E-state index in [4.69, 9.17) is 0 Å². The van der Waals surface area contributed by atoms with Gasteiger partial charge in [0.05, 0.1) is 12.0 Å². The molecule has 0 radical (unpaired) electrons. The molecule has 0 aliphatic heterocycles. The number of nitrogens with zero attached hydrogens (tertiary/aromatic N) is 2. The molecule has 0 spiro atoms. The summed E-state index contributed by atoms with van der Waals surface area (Å²) in [4.78, 5) is 11.4. The normalized spacial score (nSPS) is 20.0. The van der Waals surface area contributed by atoms with Gasteiger partial charge in [-0.15, -0.1) is 0 Å². The highest BCUT2D eigenvalue weighted by atomic mass is 16.4. The van der Waals surface area contributed by atoms with Crippen LogP contribution in [0.1, 0.15) is 32.1 Å². The van der Waals surface area contributed by atoms with Crippen molar-refractivity contribution in [1.29, 1.82) is 0 Å². The van der Waals surface area contributed by atoms with Crippen LogP contribution in [0.25, 0.3) is 0 Å². The van der Waals surface area contributed by atoms with Crippen LogP contribution < -0.4 is 0 Å². The molecular weight excluding hydrogens is 192 g/mol. The maximum Gasteiger partial charge on any atom is 0.311 e. The van der Waals surface area contributed by atoms with E-state index in [9.17, 15) is 9.90 Å². The molecule has 0 aromatic carbocycles. The molecule has 1 saturated carbocycles. The van der Waals surface area contributed by atoms with Crippen LogP contribution in [0.5, 0.6) is 0 Å². The van der Waals surface area contributed by atoms with E-state index in [1.807, 2.05) is 12.3 Å². The number of carbonyl (C=O) groups is 1. The fourth-order valence-corrected chi connectivity index (χ4v) is 2.37. The molecule has 0 unspecified atom stereocenters. The minimum Gasteiger partial charge on any atom is -0.481 e. The number of carboxylic acids is 1. The second kappa shape index (κ2) is 4.04. The maximum absolute atomic E-state index is 11.4. The van der Waals surface area contributed by atoms with E-state index >= 15 is 0 Å². The Morgan fingerprint density at radius 1 is 1.40 bits per heavy atom. The van der Waals surface area contributed by atoms with Gasteiger partial charge in [0.25, 0.3) is 0 Å². The summed E-state index contributed by atoms with van der Waals surface area (Å²) < 4.78 is 1.74. The van der Waals surface area contributed by atoms with Crippen LogP contribution in [-0.2, 0) is 11.3 Å². The third kappa shape index (κ3) is 2.03. The van der Waals surface area contributed by atoms with Crippen LogP contribution in [0.3, 0.4) is 0 Å². The Labute approximate surface area is 88.9 Å². The lowest BCUT2D eigenvalue weighted by Crippen LogP contribution is -2.37. The standard InChI is InChI=1S/C11H16N2O2/c14-10(15)11(5-2-1-3-6-11)9-13-8-4-7-12-13/h4,7-8H,1-3,5-6,9H2,(H,14,15). The second-order valence-corrected chi connectivity index (χ2v) is 4.35. The van der Waals surface area contributed by atoms with E-state index in [2.05, 4.69) is 5.10 Å². The van der Waals surface area contributed by atoms with Crippen molar-refractivity contribution in [2.45, 2.75) is 38.6 Å². The van der Waals surface area contributed by atoms with Crippen LogP contribution in [0.2, 0.25) is 0 Å². The van der Waals surface area contributed by atoms with Gasteiger partial charge in [0.2, 0.25) is 0 Å². The molecule has 4 heteroatoms. The number of hydrogen-bond donors (Lipinski definition) is 1. The van der Waals surface area contributed by atoms with Gasteiger partial charge in [0.1, 0.15) is 0 Å². The first kappa shape index (κ1) is 10.2.